The van der Waals surface area contributed by atoms with Crippen LogP contribution >= 0.6 is 0 Å². The molecule has 0 saturated carbocycles. The van der Waals surface area contributed by atoms with Gasteiger partial charge in [0.1, 0.15) is 5.78 Å². The van der Waals surface area contributed by atoms with Crippen molar-refractivity contribution < 1.29 is 4.79 Å². The van der Waals surface area contributed by atoms with E-state index in [9.17, 15) is 4.79 Å². The Morgan fingerprint density at radius 2 is 2.33 bits per heavy atom. The Hall–Kier alpha value is -0.630. The minimum absolute atomic E-state index is 0.0822. The SMILES string of the molecule is C=CCCCC(=O)C1(C(C)C)CCNC1. The van der Waals surface area contributed by atoms with Crippen molar-refractivity contribution in [3.8, 4) is 0 Å². The molecule has 2 heteroatoms. The lowest BCUT2D eigenvalue weighted by Gasteiger charge is -2.31. The molecule has 86 valence electrons. The van der Waals surface area contributed by atoms with Crippen LogP contribution in [0.2, 0.25) is 0 Å². The van der Waals surface area contributed by atoms with Crippen LogP contribution in [-0.2, 0) is 4.79 Å². The van der Waals surface area contributed by atoms with E-state index in [4.69, 9.17) is 0 Å². The number of carbonyl (C=O) groups excluding carboxylic acids is 1. The van der Waals surface area contributed by atoms with Gasteiger partial charge < -0.3 is 5.32 Å². The van der Waals surface area contributed by atoms with Gasteiger partial charge in [0, 0.05) is 18.4 Å². The van der Waals surface area contributed by atoms with E-state index in [2.05, 4.69) is 25.7 Å². The molecule has 0 spiro atoms. The molecular formula is C13H23NO. The Balaban J connectivity index is 2.56. The first-order chi connectivity index (χ1) is 7.13. The van der Waals surface area contributed by atoms with Crippen LogP contribution in [0.15, 0.2) is 12.7 Å². The zero-order chi connectivity index (χ0) is 11.3. The van der Waals surface area contributed by atoms with Crippen LogP contribution in [0.5, 0.6) is 0 Å². The number of carbonyl (C=O) groups is 1. The van der Waals surface area contributed by atoms with E-state index >= 15 is 0 Å². The molecule has 1 aliphatic heterocycles. The van der Waals surface area contributed by atoms with E-state index in [1.807, 2.05) is 6.08 Å². The third kappa shape index (κ3) is 2.69. The summed E-state index contributed by atoms with van der Waals surface area (Å²) in [5.41, 5.74) is -0.0822. The molecule has 0 aliphatic carbocycles. The van der Waals surface area contributed by atoms with E-state index in [0.717, 1.165) is 32.4 Å². The van der Waals surface area contributed by atoms with Crippen LogP contribution < -0.4 is 5.32 Å². The summed E-state index contributed by atoms with van der Waals surface area (Å²) in [5, 5.41) is 3.32. The highest BCUT2D eigenvalue weighted by atomic mass is 16.1. The normalized spacial score (nSPS) is 25.8. The third-order valence-electron chi connectivity index (χ3n) is 3.66. The molecule has 1 aliphatic rings. The number of hydrogen-bond acceptors (Lipinski definition) is 2. The van der Waals surface area contributed by atoms with Gasteiger partial charge in [0.05, 0.1) is 0 Å². The molecule has 1 fully saturated rings. The number of allylic oxidation sites excluding steroid dienone is 1. The van der Waals surface area contributed by atoms with E-state index < -0.39 is 0 Å². The van der Waals surface area contributed by atoms with Gasteiger partial charge in [-0.05, 0) is 31.7 Å². The average Bonchev–Trinajstić information content (AvgIpc) is 2.67. The maximum Gasteiger partial charge on any atom is 0.140 e. The number of unbranched alkanes of at least 4 members (excludes halogenated alkanes) is 1. The largest absolute Gasteiger partial charge is 0.316 e. The van der Waals surface area contributed by atoms with Crippen molar-refractivity contribution in [2.75, 3.05) is 13.1 Å². The zero-order valence-electron chi connectivity index (χ0n) is 10.0. The van der Waals surface area contributed by atoms with Crippen LogP contribution in [0.1, 0.15) is 39.5 Å². The minimum atomic E-state index is -0.0822. The topological polar surface area (TPSA) is 29.1 Å². The summed E-state index contributed by atoms with van der Waals surface area (Å²) in [4.78, 5) is 12.2. The molecule has 0 aromatic heterocycles. The summed E-state index contributed by atoms with van der Waals surface area (Å²) in [5.74, 6) is 0.896. The molecule has 0 aromatic carbocycles. The molecule has 0 bridgehead atoms. The maximum atomic E-state index is 12.2. The summed E-state index contributed by atoms with van der Waals surface area (Å²) in [6, 6.07) is 0. The first kappa shape index (κ1) is 12.4. The summed E-state index contributed by atoms with van der Waals surface area (Å²) < 4.78 is 0. The van der Waals surface area contributed by atoms with Gasteiger partial charge in [0.15, 0.2) is 0 Å². The van der Waals surface area contributed by atoms with Crippen molar-refractivity contribution in [2.24, 2.45) is 11.3 Å². The Labute approximate surface area is 93.1 Å². The fraction of sp³-hybridized carbons (Fsp3) is 0.769. The second-order valence-corrected chi connectivity index (χ2v) is 4.84. The maximum absolute atomic E-state index is 12.2. The molecule has 0 aromatic rings. The predicted molar refractivity (Wildman–Crippen MR) is 63.8 cm³/mol. The number of nitrogens with one attached hydrogen (secondary N) is 1. The number of Topliss-reactive ketones (excluding diaryl/α,β-unsaturated/α-hetero) is 1. The second-order valence-electron chi connectivity index (χ2n) is 4.84. The standard InChI is InChI=1S/C13H23NO/c1-4-5-6-7-12(15)13(11(2)3)8-9-14-10-13/h4,11,14H,1,5-10H2,2-3H3. The smallest absolute Gasteiger partial charge is 0.140 e. The third-order valence-corrected chi connectivity index (χ3v) is 3.66. The summed E-state index contributed by atoms with van der Waals surface area (Å²) in [6.07, 6.45) is 5.52. The van der Waals surface area contributed by atoms with Gasteiger partial charge in [-0.1, -0.05) is 19.9 Å². The molecule has 2 nitrogen and oxygen atoms in total. The van der Waals surface area contributed by atoms with Gasteiger partial charge in [-0.25, -0.2) is 0 Å². The lowest BCUT2D eigenvalue weighted by Crippen LogP contribution is -2.38. The molecular weight excluding hydrogens is 186 g/mol. The lowest BCUT2D eigenvalue weighted by molar-refractivity contribution is -0.130. The molecule has 1 rings (SSSR count). The van der Waals surface area contributed by atoms with Gasteiger partial charge in [-0.15, -0.1) is 6.58 Å². The monoisotopic (exact) mass is 209 g/mol. The van der Waals surface area contributed by atoms with Crippen LogP contribution in [0.3, 0.4) is 0 Å². The number of hydrogen-bond donors (Lipinski definition) is 1. The van der Waals surface area contributed by atoms with Crippen LogP contribution in [0.4, 0.5) is 0 Å². The highest BCUT2D eigenvalue weighted by Crippen LogP contribution is 2.36. The number of rotatable bonds is 6. The quantitative estimate of drug-likeness (QED) is 0.538. The van der Waals surface area contributed by atoms with Gasteiger partial charge in [-0.2, -0.15) is 0 Å². The van der Waals surface area contributed by atoms with Crippen molar-refractivity contribution in [3.63, 3.8) is 0 Å². The summed E-state index contributed by atoms with van der Waals surface area (Å²) in [7, 11) is 0. The van der Waals surface area contributed by atoms with Crippen molar-refractivity contribution in [1.29, 1.82) is 0 Å². The first-order valence-corrected chi connectivity index (χ1v) is 5.98. The Bertz CT molecular complexity index is 227. The average molecular weight is 209 g/mol. The van der Waals surface area contributed by atoms with Crippen molar-refractivity contribution in [2.45, 2.75) is 39.5 Å². The molecule has 1 N–H and O–H groups in total. The Morgan fingerprint density at radius 3 is 2.80 bits per heavy atom. The van der Waals surface area contributed by atoms with Gasteiger partial charge >= 0.3 is 0 Å². The Kier molecular flexibility index (Phi) is 4.52. The molecule has 0 amide bonds. The van der Waals surface area contributed by atoms with E-state index in [0.29, 0.717) is 18.1 Å². The van der Waals surface area contributed by atoms with Crippen molar-refractivity contribution >= 4 is 5.78 Å². The number of ketones is 1. The van der Waals surface area contributed by atoms with Crippen LogP contribution in [0.25, 0.3) is 0 Å². The fourth-order valence-corrected chi connectivity index (χ4v) is 2.42. The molecule has 15 heavy (non-hydrogen) atoms. The van der Waals surface area contributed by atoms with Crippen molar-refractivity contribution in [1.82, 2.24) is 5.32 Å². The van der Waals surface area contributed by atoms with Gasteiger partial charge in [-0.3, -0.25) is 4.79 Å². The molecule has 0 radical (unpaired) electrons. The first-order valence-electron chi connectivity index (χ1n) is 5.98. The highest BCUT2D eigenvalue weighted by molar-refractivity contribution is 5.85. The summed E-state index contributed by atoms with van der Waals surface area (Å²) >= 11 is 0. The van der Waals surface area contributed by atoms with E-state index in [-0.39, 0.29) is 5.41 Å². The zero-order valence-corrected chi connectivity index (χ0v) is 10.0. The predicted octanol–water partition coefficient (Wildman–Crippen LogP) is 2.55. The molecule has 1 atom stereocenters. The van der Waals surface area contributed by atoms with E-state index in [1.54, 1.807) is 0 Å². The fourth-order valence-electron chi connectivity index (χ4n) is 2.42. The second kappa shape index (κ2) is 5.45. The lowest BCUT2D eigenvalue weighted by atomic mass is 9.72. The molecule has 1 heterocycles. The van der Waals surface area contributed by atoms with Crippen LogP contribution in [-0.4, -0.2) is 18.9 Å². The highest BCUT2D eigenvalue weighted by Gasteiger charge is 2.42. The molecule has 1 unspecified atom stereocenters. The van der Waals surface area contributed by atoms with Crippen molar-refractivity contribution in [3.05, 3.63) is 12.7 Å². The van der Waals surface area contributed by atoms with Gasteiger partial charge in [0.2, 0.25) is 0 Å². The molecule has 1 saturated heterocycles. The van der Waals surface area contributed by atoms with E-state index in [1.165, 1.54) is 0 Å². The summed E-state index contributed by atoms with van der Waals surface area (Å²) in [6.45, 7) is 9.88. The Morgan fingerprint density at radius 1 is 1.60 bits per heavy atom. The minimum Gasteiger partial charge on any atom is -0.316 e. The van der Waals surface area contributed by atoms with Gasteiger partial charge in [0.25, 0.3) is 0 Å². The van der Waals surface area contributed by atoms with Crippen LogP contribution in [0, 0.1) is 11.3 Å².